The Labute approximate surface area is 121 Å². The minimum absolute atomic E-state index is 0. The van der Waals surface area contributed by atoms with Crippen LogP contribution in [0.4, 0.5) is 0 Å². The van der Waals surface area contributed by atoms with Crippen LogP contribution < -0.4 is 5.32 Å². The highest BCUT2D eigenvalue weighted by Gasteiger charge is 2.03. The fourth-order valence-electron chi connectivity index (χ4n) is 1.23. The SMILES string of the molecule is C=CCCCN(C)C(=NC)NCCSC.I. The van der Waals surface area contributed by atoms with Crippen molar-refractivity contribution in [3.63, 3.8) is 0 Å². The molecule has 0 radical (unpaired) electrons. The lowest BCUT2D eigenvalue weighted by atomic mass is 10.3. The fourth-order valence-corrected chi connectivity index (χ4v) is 1.53. The molecular weight excluding hydrogens is 333 g/mol. The second kappa shape index (κ2) is 13.2. The molecule has 0 aliphatic rings. The van der Waals surface area contributed by atoms with Crippen LogP contribution in [-0.4, -0.2) is 50.1 Å². The molecule has 16 heavy (non-hydrogen) atoms. The van der Waals surface area contributed by atoms with Gasteiger partial charge in [0, 0.05) is 32.9 Å². The van der Waals surface area contributed by atoms with Gasteiger partial charge in [0.25, 0.3) is 0 Å². The molecule has 0 saturated heterocycles. The summed E-state index contributed by atoms with van der Waals surface area (Å²) < 4.78 is 0. The first kappa shape index (κ1) is 18.5. The first-order valence-corrected chi connectivity index (χ1v) is 6.67. The molecule has 0 unspecified atom stereocenters. The Hall–Kier alpha value is 0.0900. The number of aliphatic imine (C=N–C) groups is 1. The number of hydrogen-bond acceptors (Lipinski definition) is 2. The van der Waals surface area contributed by atoms with Gasteiger partial charge in [0.05, 0.1) is 0 Å². The molecule has 0 bridgehead atoms. The van der Waals surface area contributed by atoms with Crippen molar-refractivity contribution >= 4 is 41.7 Å². The summed E-state index contributed by atoms with van der Waals surface area (Å²) in [4.78, 5) is 6.39. The average Bonchev–Trinajstić information content (AvgIpc) is 2.24. The summed E-state index contributed by atoms with van der Waals surface area (Å²) >= 11 is 1.84. The predicted molar refractivity (Wildman–Crippen MR) is 87.2 cm³/mol. The van der Waals surface area contributed by atoms with Crippen molar-refractivity contribution in [2.45, 2.75) is 12.8 Å². The Morgan fingerprint density at radius 2 is 2.25 bits per heavy atom. The third kappa shape index (κ3) is 9.33. The summed E-state index contributed by atoms with van der Waals surface area (Å²) in [5, 5.41) is 3.33. The van der Waals surface area contributed by atoms with Crippen LogP contribution in [0.3, 0.4) is 0 Å². The van der Waals surface area contributed by atoms with Crippen LogP contribution in [0.5, 0.6) is 0 Å². The molecule has 0 saturated carbocycles. The zero-order valence-corrected chi connectivity index (χ0v) is 13.7. The smallest absolute Gasteiger partial charge is 0.193 e. The van der Waals surface area contributed by atoms with Gasteiger partial charge in [0.2, 0.25) is 0 Å². The standard InChI is InChI=1S/C11H23N3S.HI/c1-5-6-7-9-14(3)11(12-2)13-8-10-15-4;/h5H,1,6-10H2,2-4H3,(H,12,13);1H. The minimum Gasteiger partial charge on any atom is -0.355 e. The van der Waals surface area contributed by atoms with Crippen LogP contribution in [0.1, 0.15) is 12.8 Å². The van der Waals surface area contributed by atoms with Gasteiger partial charge in [-0.15, -0.1) is 30.6 Å². The monoisotopic (exact) mass is 357 g/mol. The Morgan fingerprint density at radius 1 is 1.56 bits per heavy atom. The van der Waals surface area contributed by atoms with Gasteiger partial charge in [0.1, 0.15) is 0 Å². The van der Waals surface area contributed by atoms with E-state index in [4.69, 9.17) is 0 Å². The van der Waals surface area contributed by atoms with E-state index < -0.39 is 0 Å². The number of allylic oxidation sites excluding steroid dienone is 1. The number of nitrogens with one attached hydrogen (secondary N) is 1. The first-order valence-electron chi connectivity index (χ1n) is 5.27. The summed E-state index contributed by atoms with van der Waals surface area (Å²) in [5.41, 5.74) is 0. The minimum atomic E-state index is 0. The molecule has 0 heterocycles. The van der Waals surface area contributed by atoms with E-state index in [2.05, 4.69) is 35.1 Å². The van der Waals surface area contributed by atoms with Gasteiger partial charge in [0.15, 0.2) is 5.96 Å². The quantitative estimate of drug-likeness (QED) is 0.249. The van der Waals surface area contributed by atoms with Gasteiger partial charge in [-0.3, -0.25) is 4.99 Å². The molecule has 0 spiro atoms. The highest BCUT2D eigenvalue weighted by Crippen LogP contribution is 1.94. The Bertz CT molecular complexity index is 198. The van der Waals surface area contributed by atoms with E-state index in [9.17, 15) is 0 Å². The number of rotatable bonds is 7. The Balaban J connectivity index is 0. The summed E-state index contributed by atoms with van der Waals surface area (Å²) in [6, 6.07) is 0. The highest BCUT2D eigenvalue weighted by atomic mass is 127. The molecule has 96 valence electrons. The Kier molecular flexibility index (Phi) is 15.2. The van der Waals surface area contributed by atoms with Gasteiger partial charge in [-0.05, 0) is 19.1 Å². The molecule has 0 rings (SSSR count). The van der Waals surface area contributed by atoms with Crippen molar-refractivity contribution in [3.8, 4) is 0 Å². The van der Waals surface area contributed by atoms with Crippen LogP contribution >= 0.6 is 35.7 Å². The van der Waals surface area contributed by atoms with E-state index in [0.717, 1.165) is 37.6 Å². The number of guanidine groups is 1. The predicted octanol–water partition coefficient (Wildman–Crippen LogP) is 2.44. The number of nitrogens with zero attached hydrogens (tertiary/aromatic N) is 2. The van der Waals surface area contributed by atoms with Crippen LogP contribution in [-0.2, 0) is 0 Å². The highest BCUT2D eigenvalue weighted by molar-refractivity contribution is 14.0. The molecule has 0 aromatic heterocycles. The number of hydrogen-bond donors (Lipinski definition) is 1. The molecule has 3 nitrogen and oxygen atoms in total. The number of unbranched alkanes of at least 4 members (excludes halogenated alkanes) is 1. The third-order valence-corrected chi connectivity index (χ3v) is 2.68. The molecule has 0 fully saturated rings. The van der Waals surface area contributed by atoms with Crippen LogP contribution in [0.25, 0.3) is 0 Å². The zero-order chi connectivity index (χ0) is 11.5. The van der Waals surface area contributed by atoms with E-state index in [1.165, 1.54) is 0 Å². The maximum atomic E-state index is 4.23. The van der Waals surface area contributed by atoms with E-state index in [1.54, 1.807) is 0 Å². The van der Waals surface area contributed by atoms with Crippen LogP contribution in [0.15, 0.2) is 17.6 Å². The van der Waals surface area contributed by atoms with Crippen molar-refractivity contribution in [2.75, 3.05) is 39.2 Å². The van der Waals surface area contributed by atoms with Crippen molar-refractivity contribution in [1.82, 2.24) is 10.2 Å². The topological polar surface area (TPSA) is 27.6 Å². The summed E-state index contributed by atoms with van der Waals surface area (Å²) in [5.74, 6) is 2.09. The van der Waals surface area contributed by atoms with E-state index in [0.29, 0.717) is 0 Å². The second-order valence-corrected chi connectivity index (χ2v) is 4.30. The number of halogens is 1. The molecular formula is C11H24IN3S. The van der Waals surface area contributed by atoms with E-state index in [-0.39, 0.29) is 24.0 Å². The maximum Gasteiger partial charge on any atom is 0.193 e. The molecule has 0 amide bonds. The normalized spacial score (nSPS) is 10.6. The molecule has 0 atom stereocenters. The van der Waals surface area contributed by atoms with Gasteiger partial charge < -0.3 is 10.2 Å². The second-order valence-electron chi connectivity index (χ2n) is 3.32. The molecule has 0 aliphatic carbocycles. The number of thioether (sulfide) groups is 1. The van der Waals surface area contributed by atoms with Gasteiger partial charge >= 0.3 is 0 Å². The average molecular weight is 357 g/mol. The lowest BCUT2D eigenvalue weighted by Gasteiger charge is -2.21. The zero-order valence-electron chi connectivity index (χ0n) is 10.5. The van der Waals surface area contributed by atoms with Crippen LogP contribution in [0, 0.1) is 0 Å². The molecule has 5 heteroatoms. The largest absolute Gasteiger partial charge is 0.355 e. The van der Waals surface area contributed by atoms with Crippen LogP contribution in [0.2, 0.25) is 0 Å². The third-order valence-electron chi connectivity index (χ3n) is 2.06. The van der Waals surface area contributed by atoms with Gasteiger partial charge in [-0.2, -0.15) is 11.8 Å². The summed E-state index contributed by atoms with van der Waals surface area (Å²) in [6.45, 7) is 5.71. The summed E-state index contributed by atoms with van der Waals surface area (Å²) in [6.07, 6.45) is 6.26. The molecule has 0 aliphatic heterocycles. The van der Waals surface area contributed by atoms with Gasteiger partial charge in [-0.1, -0.05) is 6.08 Å². The first-order chi connectivity index (χ1) is 7.26. The molecule has 1 N–H and O–H groups in total. The van der Waals surface area contributed by atoms with Crippen molar-refractivity contribution in [1.29, 1.82) is 0 Å². The Morgan fingerprint density at radius 3 is 2.75 bits per heavy atom. The summed E-state index contributed by atoms with van der Waals surface area (Å²) in [7, 11) is 3.89. The van der Waals surface area contributed by atoms with E-state index >= 15 is 0 Å². The van der Waals surface area contributed by atoms with Gasteiger partial charge in [-0.25, -0.2) is 0 Å². The van der Waals surface area contributed by atoms with Crippen molar-refractivity contribution in [3.05, 3.63) is 12.7 Å². The van der Waals surface area contributed by atoms with Crippen molar-refractivity contribution in [2.24, 2.45) is 4.99 Å². The van der Waals surface area contributed by atoms with Crippen molar-refractivity contribution < 1.29 is 0 Å². The van der Waals surface area contributed by atoms with E-state index in [1.807, 2.05) is 24.9 Å². The lowest BCUT2D eigenvalue weighted by Crippen LogP contribution is -2.40. The fraction of sp³-hybridized carbons (Fsp3) is 0.727. The molecule has 0 aromatic carbocycles. The lowest BCUT2D eigenvalue weighted by molar-refractivity contribution is 0.472. The molecule has 0 aromatic rings. The maximum absolute atomic E-state index is 4.23.